The van der Waals surface area contributed by atoms with Gasteiger partial charge in [-0.3, -0.25) is 14.9 Å². The normalized spacial score (nSPS) is 21.7. The standard InChI is InChI=1S/C19H26N4O3.ClH/c1-4-13-5-7-14(8-6-13)15-11-20-9-10-22(15)16(24)12-23-18(26)21-17(25)19(23,2)3;/h5-8,15,20H,4,9-12H2,1-3H3,(H,21,25,26);1H. The van der Waals surface area contributed by atoms with Crippen LogP contribution in [0, 0.1) is 0 Å². The maximum absolute atomic E-state index is 13.0. The van der Waals surface area contributed by atoms with Gasteiger partial charge in [-0.05, 0) is 31.4 Å². The summed E-state index contributed by atoms with van der Waals surface area (Å²) < 4.78 is 0. The Kier molecular flexibility index (Phi) is 6.49. The molecule has 0 saturated carbocycles. The van der Waals surface area contributed by atoms with E-state index in [1.165, 1.54) is 10.5 Å². The monoisotopic (exact) mass is 394 g/mol. The Morgan fingerprint density at radius 1 is 1.22 bits per heavy atom. The third kappa shape index (κ3) is 4.09. The first-order valence-electron chi connectivity index (χ1n) is 9.06. The molecular formula is C19H27ClN4O3. The molecule has 2 saturated heterocycles. The molecule has 0 spiro atoms. The molecule has 2 aliphatic heterocycles. The lowest BCUT2D eigenvalue weighted by Crippen LogP contribution is -2.54. The summed E-state index contributed by atoms with van der Waals surface area (Å²) in [6.45, 7) is 7.27. The number of imide groups is 1. The molecule has 8 heteroatoms. The Morgan fingerprint density at radius 2 is 1.89 bits per heavy atom. The lowest BCUT2D eigenvalue weighted by Gasteiger charge is -2.38. The number of nitrogens with zero attached hydrogens (tertiary/aromatic N) is 2. The number of halogens is 1. The highest BCUT2D eigenvalue weighted by atomic mass is 35.5. The second kappa shape index (κ2) is 8.27. The number of rotatable bonds is 4. The molecule has 1 unspecified atom stereocenters. The summed E-state index contributed by atoms with van der Waals surface area (Å²) in [5, 5.41) is 5.62. The third-order valence-corrected chi connectivity index (χ3v) is 5.33. The van der Waals surface area contributed by atoms with Gasteiger partial charge in [-0.15, -0.1) is 12.4 Å². The molecule has 0 radical (unpaired) electrons. The molecule has 4 amide bonds. The van der Waals surface area contributed by atoms with Crippen LogP contribution < -0.4 is 10.6 Å². The van der Waals surface area contributed by atoms with Crippen molar-refractivity contribution < 1.29 is 14.4 Å². The van der Waals surface area contributed by atoms with Crippen LogP contribution in [-0.2, 0) is 16.0 Å². The van der Waals surface area contributed by atoms with Crippen molar-refractivity contribution in [2.45, 2.75) is 38.8 Å². The summed E-state index contributed by atoms with van der Waals surface area (Å²) in [5.74, 6) is -0.517. The smallest absolute Gasteiger partial charge is 0.325 e. The van der Waals surface area contributed by atoms with Gasteiger partial charge in [-0.1, -0.05) is 31.2 Å². The van der Waals surface area contributed by atoms with Gasteiger partial charge in [0.2, 0.25) is 5.91 Å². The quantitative estimate of drug-likeness (QED) is 0.758. The minimum absolute atomic E-state index is 0. The second-order valence-corrected chi connectivity index (χ2v) is 7.31. The molecule has 0 aromatic heterocycles. The zero-order chi connectivity index (χ0) is 18.9. The average molecular weight is 395 g/mol. The molecular weight excluding hydrogens is 368 g/mol. The first kappa shape index (κ1) is 21.2. The fourth-order valence-corrected chi connectivity index (χ4v) is 3.47. The van der Waals surface area contributed by atoms with Gasteiger partial charge in [0, 0.05) is 19.6 Å². The van der Waals surface area contributed by atoms with E-state index in [1.54, 1.807) is 13.8 Å². The Bertz CT molecular complexity index is 720. The molecule has 0 bridgehead atoms. The average Bonchev–Trinajstić information content (AvgIpc) is 2.83. The van der Waals surface area contributed by atoms with Crippen LogP contribution in [0.25, 0.3) is 0 Å². The van der Waals surface area contributed by atoms with Gasteiger partial charge in [-0.25, -0.2) is 4.79 Å². The van der Waals surface area contributed by atoms with Crippen molar-refractivity contribution in [3.8, 4) is 0 Å². The summed E-state index contributed by atoms with van der Waals surface area (Å²) in [4.78, 5) is 40.1. The number of piperazine rings is 1. The maximum Gasteiger partial charge on any atom is 0.325 e. The molecule has 1 atom stereocenters. The van der Waals surface area contributed by atoms with Crippen LogP contribution in [0.5, 0.6) is 0 Å². The molecule has 2 heterocycles. The SMILES string of the molecule is CCc1ccc(C2CNCCN2C(=O)CN2C(=O)NC(=O)C2(C)C)cc1.Cl. The maximum atomic E-state index is 13.0. The lowest BCUT2D eigenvalue weighted by molar-refractivity contribution is -0.136. The molecule has 7 nitrogen and oxygen atoms in total. The number of amides is 4. The first-order chi connectivity index (χ1) is 12.3. The van der Waals surface area contributed by atoms with Crippen LogP contribution >= 0.6 is 12.4 Å². The number of aryl methyl sites for hydroxylation is 1. The van der Waals surface area contributed by atoms with Crippen LogP contribution in [-0.4, -0.2) is 59.4 Å². The van der Waals surface area contributed by atoms with E-state index in [4.69, 9.17) is 0 Å². The fraction of sp³-hybridized carbons (Fsp3) is 0.526. The van der Waals surface area contributed by atoms with E-state index in [0.29, 0.717) is 19.6 Å². The summed E-state index contributed by atoms with van der Waals surface area (Å²) in [6.07, 6.45) is 0.971. The van der Waals surface area contributed by atoms with E-state index in [9.17, 15) is 14.4 Å². The largest absolute Gasteiger partial charge is 0.332 e. The number of hydrogen-bond acceptors (Lipinski definition) is 4. The van der Waals surface area contributed by atoms with Gasteiger partial charge in [0.05, 0.1) is 6.04 Å². The van der Waals surface area contributed by atoms with E-state index in [-0.39, 0.29) is 36.8 Å². The molecule has 0 aliphatic carbocycles. The fourth-order valence-electron chi connectivity index (χ4n) is 3.47. The van der Waals surface area contributed by atoms with Crippen molar-refractivity contribution in [3.05, 3.63) is 35.4 Å². The Balaban J connectivity index is 0.00000261. The number of nitrogens with one attached hydrogen (secondary N) is 2. The zero-order valence-electron chi connectivity index (χ0n) is 15.9. The van der Waals surface area contributed by atoms with Gasteiger partial charge in [0.1, 0.15) is 12.1 Å². The molecule has 2 aliphatic rings. The van der Waals surface area contributed by atoms with Crippen molar-refractivity contribution in [2.75, 3.05) is 26.2 Å². The van der Waals surface area contributed by atoms with E-state index in [0.717, 1.165) is 12.0 Å². The highest BCUT2D eigenvalue weighted by Gasteiger charge is 2.47. The zero-order valence-corrected chi connectivity index (χ0v) is 16.8. The highest BCUT2D eigenvalue weighted by Crippen LogP contribution is 2.25. The number of urea groups is 1. The molecule has 1 aromatic rings. The van der Waals surface area contributed by atoms with E-state index in [1.807, 2.05) is 4.90 Å². The van der Waals surface area contributed by atoms with Crippen molar-refractivity contribution in [2.24, 2.45) is 0 Å². The van der Waals surface area contributed by atoms with Crippen LogP contribution in [0.3, 0.4) is 0 Å². The van der Waals surface area contributed by atoms with E-state index in [2.05, 4.69) is 41.8 Å². The molecule has 2 fully saturated rings. The minimum atomic E-state index is -1.01. The van der Waals surface area contributed by atoms with Gasteiger partial charge in [0.25, 0.3) is 5.91 Å². The summed E-state index contributed by atoms with van der Waals surface area (Å²) in [6, 6.07) is 7.71. The predicted octanol–water partition coefficient (Wildman–Crippen LogP) is 1.47. The van der Waals surface area contributed by atoms with Crippen LogP contribution in [0.2, 0.25) is 0 Å². The van der Waals surface area contributed by atoms with Crippen molar-refractivity contribution in [3.63, 3.8) is 0 Å². The van der Waals surface area contributed by atoms with Gasteiger partial charge < -0.3 is 15.1 Å². The predicted molar refractivity (Wildman–Crippen MR) is 105 cm³/mol. The number of carbonyl (C=O) groups excluding carboxylic acids is 3. The summed E-state index contributed by atoms with van der Waals surface area (Å²) in [5.41, 5.74) is 1.31. The Morgan fingerprint density at radius 3 is 2.44 bits per heavy atom. The van der Waals surface area contributed by atoms with Crippen molar-refractivity contribution in [1.29, 1.82) is 0 Å². The lowest BCUT2D eigenvalue weighted by atomic mass is 10.0. The summed E-state index contributed by atoms with van der Waals surface area (Å²) >= 11 is 0. The number of benzene rings is 1. The summed E-state index contributed by atoms with van der Waals surface area (Å²) in [7, 11) is 0. The number of hydrogen-bond donors (Lipinski definition) is 2. The van der Waals surface area contributed by atoms with Crippen molar-refractivity contribution in [1.82, 2.24) is 20.4 Å². The van der Waals surface area contributed by atoms with Crippen LogP contribution in [0.4, 0.5) is 4.79 Å². The van der Waals surface area contributed by atoms with E-state index < -0.39 is 11.6 Å². The third-order valence-electron chi connectivity index (χ3n) is 5.33. The topological polar surface area (TPSA) is 81.8 Å². The van der Waals surface area contributed by atoms with E-state index >= 15 is 0 Å². The molecule has 2 N–H and O–H groups in total. The van der Waals surface area contributed by atoms with Gasteiger partial charge >= 0.3 is 6.03 Å². The number of carbonyl (C=O) groups is 3. The second-order valence-electron chi connectivity index (χ2n) is 7.31. The molecule has 3 rings (SSSR count). The Labute approximate surface area is 165 Å². The van der Waals surface area contributed by atoms with Gasteiger partial charge in [0.15, 0.2) is 0 Å². The molecule has 148 valence electrons. The Hall–Kier alpha value is -2.12. The highest BCUT2D eigenvalue weighted by molar-refractivity contribution is 6.07. The van der Waals surface area contributed by atoms with Crippen LogP contribution in [0.1, 0.15) is 37.9 Å². The minimum Gasteiger partial charge on any atom is -0.332 e. The van der Waals surface area contributed by atoms with Crippen LogP contribution in [0.15, 0.2) is 24.3 Å². The van der Waals surface area contributed by atoms with Gasteiger partial charge in [-0.2, -0.15) is 0 Å². The first-order valence-corrected chi connectivity index (χ1v) is 9.06. The van der Waals surface area contributed by atoms with Crippen molar-refractivity contribution >= 4 is 30.3 Å². The molecule has 1 aromatic carbocycles. The molecule has 27 heavy (non-hydrogen) atoms.